The molecular weight excluding hydrogens is 412 g/mol. The van der Waals surface area contributed by atoms with Crippen molar-refractivity contribution in [2.45, 2.75) is 32.1 Å². The monoisotopic (exact) mass is 432 g/mol. The van der Waals surface area contributed by atoms with E-state index < -0.39 is 17.5 Å². The Labute approximate surface area is 182 Å². The van der Waals surface area contributed by atoms with Crippen LogP contribution >= 0.6 is 0 Å². The largest absolute Gasteiger partial charge is 0.466 e. The van der Waals surface area contributed by atoms with Crippen molar-refractivity contribution in [3.63, 3.8) is 0 Å². The van der Waals surface area contributed by atoms with Gasteiger partial charge in [-0.3, -0.25) is 4.79 Å². The van der Waals surface area contributed by atoms with Crippen LogP contribution in [0.15, 0.2) is 41.2 Å². The molecule has 1 N–H and O–H groups in total. The predicted octanol–water partition coefficient (Wildman–Crippen LogP) is 2.27. The molecule has 3 aromatic rings. The van der Waals surface area contributed by atoms with Gasteiger partial charge in [-0.15, -0.1) is 0 Å². The van der Waals surface area contributed by atoms with Gasteiger partial charge in [-0.05, 0) is 36.3 Å². The van der Waals surface area contributed by atoms with Crippen molar-refractivity contribution in [3.05, 3.63) is 69.0 Å². The first-order valence-electron chi connectivity index (χ1n) is 10.2. The average Bonchev–Trinajstić information content (AvgIpc) is 3.16. The second-order valence-corrected chi connectivity index (χ2v) is 7.87. The molecule has 2 aliphatic heterocycles. The van der Waals surface area contributed by atoms with E-state index in [1.165, 1.54) is 13.2 Å². The lowest BCUT2D eigenvalue weighted by molar-refractivity contribution is -0.172. The van der Waals surface area contributed by atoms with Gasteiger partial charge in [0.1, 0.15) is 6.61 Å². The van der Waals surface area contributed by atoms with Crippen LogP contribution in [0.25, 0.3) is 28.4 Å². The Hall–Kier alpha value is -3.78. The number of hydrogen-bond acceptors (Lipinski definition) is 7. The van der Waals surface area contributed by atoms with Crippen LogP contribution in [0, 0.1) is 0 Å². The molecule has 1 atom stereocenters. The molecule has 0 aliphatic carbocycles. The number of carbonyl (C=O) groups is 2. The molecule has 8 heteroatoms. The first-order valence-corrected chi connectivity index (χ1v) is 10.2. The van der Waals surface area contributed by atoms with E-state index >= 15 is 0 Å². The van der Waals surface area contributed by atoms with Crippen LogP contribution in [-0.4, -0.2) is 33.7 Å². The third-order valence-corrected chi connectivity index (χ3v) is 6.19. The Morgan fingerprint density at radius 2 is 2.16 bits per heavy atom. The summed E-state index contributed by atoms with van der Waals surface area (Å²) in [6, 6.07) is 9.19. The molecule has 0 saturated carbocycles. The maximum absolute atomic E-state index is 13.2. The minimum atomic E-state index is -1.85. The van der Waals surface area contributed by atoms with Gasteiger partial charge >= 0.3 is 11.9 Å². The number of esters is 2. The van der Waals surface area contributed by atoms with E-state index in [1.54, 1.807) is 23.6 Å². The number of methoxy groups -OCH3 is 1. The molecule has 0 amide bonds. The van der Waals surface area contributed by atoms with E-state index in [9.17, 15) is 19.5 Å². The Balaban J connectivity index is 1.70. The fraction of sp³-hybridized carbons (Fsp3) is 0.250. The highest BCUT2D eigenvalue weighted by molar-refractivity contribution is 5.95. The lowest BCUT2D eigenvalue weighted by Gasteiger charge is -2.31. The first kappa shape index (κ1) is 20.1. The quantitative estimate of drug-likeness (QED) is 0.391. The molecule has 0 fully saturated rings. The number of cyclic esters (lactones) is 1. The van der Waals surface area contributed by atoms with Crippen LogP contribution in [0.1, 0.15) is 35.6 Å². The highest BCUT2D eigenvalue weighted by Gasteiger charge is 2.45. The number of rotatable bonds is 3. The molecule has 0 radical (unpaired) electrons. The van der Waals surface area contributed by atoms with E-state index in [-0.39, 0.29) is 29.7 Å². The standard InChI is InChI=1S/C24H20N2O6/c1-3-24(30)17-10-19-21-14(11-26(19)22(28)16(17)12-32-23(24)29)9-15-13(7-8-20(27)31-2)5-4-6-18(15)25-21/h4-10,30H,3,11-12H2,1-2H3/t24-/m0/s1. The van der Waals surface area contributed by atoms with Gasteiger partial charge in [-0.1, -0.05) is 19.1 Å². The predicted molar refractivity (Wildman–Crippen MR) is 116 cm³/mol. The van der Waals surface area contributed by atoms with Gasteiger partial charge in [-0.2, -0.15) is 0 Å². The molecule has 0 saturated heterocycles. The number of aromatic nitrogens is 2. The second kappa shape index (κ2) is 7.13. The molecule has 2 aromatic heterocycles. The van der Waals surface area contributed by atoms with Crippen molar-refractivity contribution in [1.29, 1.82) is 0 Å². The Morgan fingerprint density at radius 1 is 1.34 bits per heavy atom. The van der Waals surface area contributed by atoms with Crippen LogP contribution in [0.4, 0.5) is 0 Å². The fourth-order valence-electron chi connectivity index (χ4n) is 4.40. The minimum Gasteiger partial charge on any atom is -0.466 e. The van der Waals surface area contributed by atoms with E-state index in [4.69, 9.17) is 9.72 Å². The molecule has 4 heterocycles. The van der Waals surface area contributed by atoms with Gasteiger partial charge in [-0.25, -0.2) is 14.6 Å². The number of ether oxygens (including phenoxy) is 2. The van der Waals surface area contributed by atoms with Crippen molar-refractivity contribution < 1.29 is 24.2 Å². The smallest absolute Gasteiger partial charge is 0.343 e. The van der Waals surface area contributed by atoms with Crippen LogP contribution in [-0.2, 0) is 37.8 Å². The third kappa shape index (κ3) is 2.80. The van der Waals surface area contributed by atoms with E-state index in [2.05, 4.69) is 4.74 Å². The SMILES string of the molecule is CC[C@@]1(O)C(=O)OCc2c1cc1n(c2=O)Cc2cc3c(C=CC(=O)OC)cccc3nc2-1. The molecular formula is C24H20N2O6. The zero-order chi connectivity index (χ0) is 22.6. The third-order valence-electron chi connectivity index (χ3n) is 6.19. The molecule has 2 aliphatic rings. The zero-order valence-corrected chi connectivity index (χ0v) is 17.5. The highest BCUT2D eigenvalue weighted by Crippen LogP contribution is 2.38. The van der Waals surface area contributed by atoms with Gasteiger partial charge in [0.2, 0.25) is 0 Å². The zero-order valence-electron chi connectivity index (χ0n) is 17.5. The van der Waals surface area contributed by atoms with Gasteiger partial charge < -0.3 is 19.1 Å². The molecule has 8 nitrogen and oxygen atoms in total. The van der Waals surface area contributed by atoms with Crippen LogP contribution < -0.4 is 5.56 Å². The molecule has 0 spiro atoms. The minimum absolute atomic E-state index is 0.0929. The topological polar surface area (TPSA) is 108 Å². The van der Waals surface area contributed by atoms with E-state index in [1.807, 2.05) is 24.3 Å². The van der Waals surface area contributed by atoms with Crippen molar-refractivity contribution in [2.75, 3.05) is 7.11 Å². The summed E-state index contributed by atoms with van der Waals surface area (Å²) in [5.41, 5.74) is 1.94. The summed E-state index contributed by atoms with van der Waals surface area (Å²) in [7, 11) is 1.32. The number of benzene rings is 1. The van der Waals surface area contributed by atoms with Crippen molar-refractivity contribution >= 4 is 28.9 Å². The van der Waals surface area contributed by atoms with E-state index in [0.29, 0.717) is 23.4 Å². The number of carbonyl (C=O) groups excluding carboxylic acids is 2. The normalized spacial score (nSPS) is 18.9. The number of hydrogen-bond donors (Lipinski definition) is 1. The highest BCUT2D eigenvalue weighted by atomic mass is 16.6. The summed E-state index contributed by atoms with van der Waals surface area (Å²) in [4.78, 5) is 41.8. The molecule has 162 valence electrons. The Morgan fingerprint density at radius 3 is 2.91 bits per heavy atom. The summed E-state index contributed by atoms with van der Waals surface area (Å²) >= 11 is 0. The Kier molecular flexibility index (Phi) is 4.49. The molecule has 0 bridgehead atoms. The fourth-order valence-corrected chi connectivity index (χ4v) is 4.40. The van der Waals surface area contributed by atoms with Gasteiger partial charge in [0, 0.05) is 22.6 Å². The second-order valence-electron chi connectivity index (χ2n) is 7.87. The maximum Gasteiger partial charge on any atom is 0.343 e. The molecule has 0 unspecified atom stereocenters. The summed E-state index contributed by atoms with van der Waals surface area (Å²) in [6.45, 7) is 1.82. The maximum atomic E-state index is 13.2. The van der Waals surface area contributed by atoms with Crippen molar-refractivity contribution in [1.82, 2.24) is 9.55 Å². The number of pyridine rings is 2. The molecule has 1 aromatic carbocycles. The lowest BCUT2D eigenvalue weighted by atomic mass is 9.86. The van der Waals surface area contributed by atoms with Gasteiger partial charge in [0.15, 0.2) is 5.60 Å². The van der Waals surface area contributed by atoms with Crippen molar-refractivity contribution in [2.24, 2.45) is 0 Å². The van der Waals surface area contributed by atoms with Crippen LogP contribution in [0.5, 0.6) is 0 Å². The molecule has 32 heavy (non-hydrogen) atoms. The number of nitrogens with zero attached hydrogens (tertiary/aromatic N) is 2. The number of fused-ring (bicyclic) bond motifs is 5. The van der Waals surface area contributed by atoms with Gasteiger partial charge in [0.25, 0.3) is 5.56 Å². The van der Waals surface area contributed by atoms with Crippen LogP contribution in [0.3, 0.4) is 0 Å². The Bertz CT molecular complexity index is 1400. The molecule has 5 rings (SSSR count). The lowest BCUT2D eigenvalue weighted by Crippen LogP contribution is -2.44. The average molecular weight is 432 g/mol. The summed E-state index contributed by atoms with van der Waals surface area (Å²) in [6.07, 6.45) is 3.10. The summed E-state index contributed by atoms with van der Waals surface area (Å²) in [5.74, 6) is -1.20. The van der Waals surface area contributed by atoms with Crippen LogP contribution in [0.2, 0.25) is 0 Å². The number of aliphatic hydroxyl groups is 1. The first-order chi connectivity index (χ1) is 15.4. The summed E-state index contributed by atoms with van der Waals surface area (Å²) in [5, 5.41) is 11.8. The van der Waals surface area contributed by atoms with Gasteiger partial charge in [0.05, 0.1) is 36.1 Å². The van der Waals surface area contributed by atoms with Crippen molar-refractivity contribution in [3.8, 4) is 11.4 Å². The van der Waals surface area contributed by atoms with E-state index in [0.717, 1.165) is 16.5 Å². The summed E-state index contributed by atoms with van der Waals surface area (Å²) < 4.78 is 11.4.